The second-order valence-electron chi connectivity index (χ2n) is 5.40. The molecule has 0 aliphatic rings. The molecule has 0 fully saturated rings. The molecule has 4 rings (SSSR count). The Bertz CT molecular complexity index is 977. The summed E-state index contributed by atoms with van der Waals surface area (Å²) in [5.74, 6) is 1.02. The third kappa shape index (κ3) is 3.44. The van der Waals surface area contributed by atoms with E-state index < -0.39 is 0 Å². The van der Waals surface area contributed by atoms with E-state index in [2.05, 4.69) is 25.9 Å². The molecule has 8 nitrogen and oxygen atoms in total. The van der Waals surface area contributed by atoms with Gasteiger partial charge < -0.3 is 15.1 Å². The summed E-state index contributed by atoms with van der Waals surface area (Å²) in [7, 11) is 0. The SMILES string of the molecule is O=C(Nc1ccc(Nc2ccc(-n3cccn3)nn2)cc1)c1ccoc1. The van der Waals surface area contributed by atoms with Crippen molar-refractivity contribution in [3.05, 3.63) is 79.0 Å². The van der Waals surface area contributed by atoms with E-state index >= 15 is 0 Å². The van der Waals surface area contributed by atoms with Gasteiger partial charge >= 0.3 is 0 Å². The van der Waals surface area contributed by atoms with Gasteiger partial charge in [-0.3, -0.25) is 4.79 Å². The minimum Gasteiger partial charge on any atom is -0.472 e. The second kappa shape index (κ2) is 6.89. The van der Waals surface area contributed by atoms with Crippen LogP contribution in [0.3, 0.4) is 0 Å². The fraction of sp³-hybridized carbons (Fsp3) is 0. The predicted octanol–water partition coefficient (Wildman–Crippen LogP) is 3.25. The van der Waals surface area contributed by atoms with Crippen LogP contribution in [0.4, 0.5) is 17.2 Å². The lowest BCUT2D eigenvalue weighted by Crippen LogP contribution is -2.10. The molecule has 128 valence electrons. The average Bonchev–Trinajstić information content (AvgIpc) is 3.38. The lowest BCUT2D eigenvalue weighted by Gasteiger charge is -2.08. The van der Waals surface area contributed by atoms with E-state index in [-0.39, 0.29) is 5.91 Å². The zero-order valence-electron chi connectivity index (χ0n) is 13.5. The van der Waals surface area contributed by atoms with Crippen molar-refractivity contribution in [2.24, 2.45) is 0 Å². The summed E-state index contributed by atoms with van der Waals surface area (Å²) in [6, 6.07) is 14.3. The van der Waals surface area contributed by atoms with Crippen molar-refractivity contribution in [1.82, 2.24) is 20.0 Å². The van der Waals surface area contributed by atoms with Crippen LogP contribution in [0.5, 0.6) is 0 Å². The number of benzene rings is 1. The topological polar surface area (TPSA) is 97.9 Å². The molecule has 3 heterocycles. The third-order valence-electron chi connectivity index (χ3n) is 3.59. The maximum atomic E-state index is 12.0. The van der Waals surface area contributed by atoms with Crippen molar-refractivity contribution in [1.29, 1.82) is 0 Å². The first-order chi connectivity index (χ1) is 12.8. The third-order valence-corrected chi connectivity index (χ3v) is 3.59. The minimum absolute atomic E-state index is 0.223. The van der Waals surface area contributed by atoms with Gasteiger partial charge in [0.2, 0.25) is 0 Å². The van der Waals surface area contributed by atoms with Gasteiger partial charge in [-0.05, 0) is 48.5 Å². The van der Waals surface area contributed by atoms with E-state index in [1.807, 2.05) is 30.3 Å². The van der Waals surface area contributed by atoms with Crippen molar-refractivity contribution in [3.63, 3.8) is 0 Å². The number of amides is 1. The molecule has 0 unspecified atom stereocenters. The van der Waals surface area contributed by atoms with Crippen LogP contribution in [-0.4, -0.2) is 25.9 Å². The van der Waals surface area contributed by atoms with Crippen LogP contribution in [0, 0.1) is 0 Å². The minimum atomic E-state index is -0.223. The molecule has 0 radical (unpaired) electrons. The van der Waals surface area contributed by atoms with Crippen LogP contribution in [-0.2, 0) is 0 Å². The molecule has 0 saturated heterocycles. The highest BCUT2D eigenvalue weighted by Crippen LogP contribution is 2.18. The smallest absolute Gasteiger partial charge is 0.258 e. The molecule has 3 aromatic heterocycles. The number of hydrogen-bond donors (Lipinski definition) is 2. The van der Waals surface area contributed by atoms with E-state index in [9.17, 15) is 4.79 Å². The van der Waals surface area contributed by atoms with Crippen molar-refractivity contribution in [3.8, 4) is 5.82 Å². The number of carbonyl (C=O) groups is 1. The zero-order chi connectivity index (χ0) is 17.8. The summed E-state index contributed by atoms with van der Waals surface area (Å²) < 4.78 is 6.53. The van der Waals surface area contributed by atoms with Crippen molar-refractivity contribution >= 4 is 23.1 Å². The molecule has 2 N–H and O–H groups in total. The molecular weight excluding hydrogens is 332 g/mol. The number of carbonyl (C=O) groups excluding carboxylic acids is 1. The van der Waals surface area contributed by atoms with E-state index in [1.54, 1.807) is 35.3 Å². The van der Waals surface area contributed by atoms with Crippen molar-refractivity contribution < 1.29 is 9.21 Å². The lowest BCUT2D eigenvalue weighted by atomic mass is 10.2. The fourth-order valence-electron chi connectivity index (χ4n) is 2.30. The van der Waals surface area contributed by atoms with Gasteiger partial charge in [0.25, 0.3) is 5.91 Å². The maximum Gasteiger partial charge on any atom is 0.258 e. The Morgan fingerprint density at radius 1 is 1.00 bits per heavy atom. The van der Waals surface area contributed by atoms with Gasteiger partial charge in [-0.1, -0.05) is 0 Å². The van der Waals surface area contributed by atoms with Gasteiger partial charge in [0, 0.05) is 23.8 Å². The highest BCUT2D eigenvalue weighted by Gasteiger charge is 2.07. The highest BCUT2D eigenvalue weighted by atomic mass is 16.3. The summed E-state index contributed by atoms with van der Waals surface area (Å²) in [6.07, 6.45) is 6.34. The molecule has 0 atom stereocenters. The predicted molar refractivity (Wildman–Crippen MR) is 95.5 cm³/mol. The fourth-order valence-corrected chi connectivity index (χ4v) is 2.30. The van der Waals surface area contributed by atoms with E-state index in [4.69, 9.17) is 4.42 Å². The first kappa shape index (κ1) is 15.6. The van der Waals surface area contributed by atoms with Gasteiger partial charge in [0.15, 0.2) is 11.6 Å². The van der Waals surface area contributed by atoms with Crippen LogP contribution >= 0.6 is 0 Å². The molecule has 4 aromatic rings. The van der Waals surface area contributed by atoms with Crippen LogP contribution in [0.25, 0.3) is 5.82 Å². The van der Waals surface area contributed by atoms with Gasteiger partial charge in [0.1, 0.15) is 6.26 Å². The maximum absolute atomic E-state index is 12.0. The second-order valence-corrected chi connectivity index (χ2v) is 5.40. The summed E-state index contributed by atoms with van der Waals surface area (Å²) in [5, 5.41) is 18.3. The summed E-state index contributed by atoms with van der Waals surface area (Å²) >= 11 is 0. The number of aromatic nitrogens is 4. The Morgan fingerprint density at radius 2 is 1.85 bits per heavy atom. The Kier molecular flexibility index (Phi) is 4.13. The van der Waals surface area contributed by atoms with Gasteiger partial charge in [-0.2, -0.15) is 5.10 Å². The molecule has 0 saturated carbocycles. The number of nitrogens with one attached hydrogen (secondary N) is 2. The number of furan rings is 1. The zero-order valence-corrected chi connectivity index (χ0v) is 13.5. The average molecular weight is 346 g/mol. The Hall–Kier alpha value is -3.94. The van der Waals surface area contributed by atoms with Gasteiger partial charge in [-0.15, -0.1) is 10.2 Å². The monoisotopic (exact) mass is 346 g/mol. The van der Waals surface area contributed by atoms with Gasteiger partial charge in [0.05, 0.1) is 11.8 Å². The van der Waals surface area contributed by atoms with Crippen LogP contribution in [0.1, 0.15) is 10.4 Å². The molecule has 0 aliphatic carbocycles. The molecular formula is C18H14N6O2. The number of hydrogen-bond acceptors (Lipinski definition) is 6. The number of rotatable bonds is 5. The van der Waals surface area contributed by atoms with Crippen LogP contribution < -0.4 is 10.6 Å². The van der Waals surface area contributed by atoms with Crippen molar-refractivity contribution in [2.45, 2.75) is 0 Å². The van der Waals surface area contributed by atoms with E-state index in [0.717, 1.165) is 5.69 Å². The molecule has 1 aromatic carbocycles. The quantitative estimate of drug-likeness (QED) is 0.576. The molecule has 0 bridgehead atoms. The van der Waals surface area contributed by atoms with E-state index in [1.165, 1.54) is 12.5 Å². The highest BCUT2D eigenvalue weighted by molar-refractivity contribution is 6.04. The van der Waals surface area contributed by atoms with E-state index in [0.29, 0.717) is 22.9 Å². The molecule has 8 heteroatoms. The summed E-state index contributed by atoms with van der Waals surface area (Å²) in [4.78, 5) is 12.0. The first-order valence-electron chi connectivity index (χ1n) is 7.82. The van der Waals surface area contributed by atoms with Crippen LogP contribution in [0.15, 0.2) is 77.9 Å². The summed E-state index contributed by atoms with van der Waals surface area (Å²) in [5.41, 5.74) is 1.98. The normalized spacial score (nSPS) is 10.5. The molecule has 1 amide bonds. The van der Waals surface area contributed by atoms with Crippen molar-refractivity contribution in [2.75, 3.05) is 10.6 Å². The number of nitrogens with zero attached hydrogens (tertiary/aromatic N) is 4. The van der Waals surface area contributed by atoms with Gasteiger partial charge in [-0.25, -0.2) is 4.68 Å². The standard InChI is InChI=1S/C18H14N6O2/c25-18(13-8-11-26-12-13)21-15-4-2-14(3-5-15)20-16-6-7-17(23-22-16)24-10-1-9-19-24/h1-12H,(H,20,22)(H,21,25). The summed E-state index contributed by atoms with van der Waals surface area (Å²) in [6.45, 7) is 0. The van der Waals surface area contributed by atoms with Crippen LogP contribution in [0.2, 0.25) is 0 Å². The molecule has 26 heavy (non-hydrogen) atoms. The Balaban J connectivity index is 1.40. The first-order valence-corrected chi connectivity index (χ1v) is 7.82. The Labute approximate surface area is 148 Å². The lowest BCUT2D eigenvalue weighted by molar-refractivity contribution is 0.102. The molecule has 0 aliphatic heterocycles. The molecule has 0 spiro atoms. The largest absolute Gasteiger partial charge is 0.472 e. The Morgan fingerprint density at radius 3 is 2.50 bits per heavy atom. The number of anilines is 3.